The van der Waals surface area contributed by atoms with Crippen molar-refractivity contribution in [3.63, 3.8) is 0 Å². The molecule has 148 valence electrons. The molecule has 0 spiro atoms. The van der Waals surface area contributed by atoms with Gasteiger partial charge in [0.25, 0.3) is 0 Å². The van der Waals surface area contributed by atoms with Crippen LogP contribution in [0, 0.1) is 6.92 Å². The Morgan fingerprint density at radius 2 is 1.96 bits per heavy atom. The van der Waals surface area contributed by atoms with Gasteiger partial charge < -0.3 is 4.90 Å². The topological polar surface area (TPSA) is 37.6 Å². The Bertz CT molecular complexity index is 909. The molecule has 0 saturated carbocycles. The lowest BCUT2D eigenvalue weighted by Gasteiger charge is -2.20. The Balaban J connectivity index is 1.70. The first kappa shape index (κ1) is 20.8. The highest BCUT2D eigenvalue weighted by atomic mass is 32.2. The maximum absolute atomic E-state index is 13.0. The zero-order valence-corrected chi connectivity index (χ0v) is 18.4. The molecule has 1 aromatic heterocycles. The van der Waals surface area contributed by atoms with Crippen molar-refractivity contribution in [2.45, 2.75) is 24.7 Å². The zero-order chi connectivity index (χ0) is 19.9. The van der Waals surface area contributed by atoms with Crippen LogP contribution in [0.1, 0.15) is 18.4 Å². The minimum Gasteiger partial charge on any atom is -0.340 e. The molecule has 0 aliphatic heterocycles. The molecule has 3 rings (SSSR count). The lowest BCUT2D eigenvalue weighted by Crippen LogP contribution is -3.05. The third-order valence-corrected chi connectivity index (χ3v) is 6.51. The first-order chi connectivity index (χ1) is 13.5. The predicted molar refractivity (Wildman–Crippen MR) is 121 cm³/mol. The van der Waals surface area contributed by atoms with Crippen LogP contribution in [0.25, 0.3) is 10.2 Å². The minimum atomic E-state index is 0.160. The number of quaternary nitrogens is 1. The molecule has 0 fully saturated rings. The summed E-state index contributed by atoms with van der Waals surface area (Å²) in [7, 11) is 4.28. The molecule has 4 nitrogen and oxygen atoms in total. The number of rotatable bonds is 9. The quantitative estimate of drug-likeness (QED) is 0.543. The van der Waals surface area contributed by atoms with E-state index in [4.69, 9.17) is 4.98 Å². The summed E-state index contributed by atoms with van der Waals surface area (Å²) in [6.45, 7) is 3.84. The Hall–Kier alpha value is -1.89. The summed E-state index contributed by atoms with van der Waals surface area (Å²) in [5, 5.41) is 0.823. The molecule has 0 atom stereocenters. The molecule has 0 radical (unpaired) electrons. The first-order valence-electron chi connectivity index (χ1n) is 9.67. The Labute approximate surface area is 175 Å². The maximum Gasteiger partial charge on any atom is 0.229 e. The molecule has 28 heavy (non-hydrogen) atoms. The number of benzene rings is 2. The van der Waals surface area contributed by atoms with Crippen LogP contribution in [0.4, 0.5) is 5.13 Å². The lowest BCUT2D eigenvalue weighted by atomic mass is 10.2. The molecule has 1 N–H and O–H groups in total. The van der Waals surface area contributed by atoms with Crippen LogP contribution in [0.5, 0.6) is 0 Å². The second kappa shape index (κ2) is 10.0. The SMILES string of the molecule is Cc1ccc2nc(N(CCC[NH+](C)C)C(=O)CCSc3ccccc3)sc2c1. The number of carbonyl (C=O) groups excluding carboxylic acids is 1. The largest absolute Gasteiger partial charge is 0.340 e. The van der Waals surface area contributed by atoms with Crippen LogP contribution < -0.4 is 9.80 Å². The molecule has 1 heterocycles. The molecule has 0 saturated heterocycles. The zero-order valence-electron chi connectivity index (χ0n) is 16.8. The standard InChI is InChI=1S/C22H27N3OS2/c1-17-10-11-19-20(16-17)28-22(23-19)25(14-7-13-24(2)3)21(26)12-15-27-18-8-5-4-6-9-18/h4-6,8-11,16H,7,12-15H2,1-3H3/p+1. The number of anilines is 1. The van der Waals surface area contributed by atoms with Crippen molar-refractivity contribution in [1.29, 1.82) is 0 Å². The number of aromatic nitrogens is 1. The van der Waals surface area contributed by atoms with Gasteiger partial charge in [0, 0.05) is 30.0 Å². The van der Waals surface area contributed by atoms with Crippen LogP contribution in [0.15, 0.2) is 53.4 Å². The molecule has 0 aliphatic rings. The van der Waals surface area contributed by atoms with Crippen molar-refractivity contribution < 1.29 is 9.69 Å². The highest BCUT2D eigenvalue weighted by molar-refractivity contribution is 7.99. The van der Waals surface area contributed by atoms with Gasteiger partial charge in [0.05, 0.1) is 30.9 Å². The molecule has 0 unspecified atom stereocenters. The minimum absolute atomic E-state index is 0.160. The van der Waals surface area contributed by atoms with E-state index in [-0.39, 0.29) is 5.91 Å². The lowest BCUT2D eigenvalue weighted by molar-refractivity contribution is -0.858. The normalized spacial score (nSPS) is 11.3. The molecular formula is C22H28N3OS2+. The summed E-state index contributed by atoms with van der Waals surface area (Å²) in [6.07, 6.45) is 1.48. The smallest absolute Gasteiger partial charge is 0.229 e. The summed E-state index contributed by atoms with van der Waals surface area (Å²) in [6, 6.07) is 16.5. The third-order valence-electron chi connectivity index (χ3n) is 4.45. The van der Waals surface area contributed by atoms with Gasteiger partial charge in [-0.2, -0.15) is 0 Å². The summed E-state index contributed by atoms with van der Waals surface area (Å²) >= 11 is 3.35. The van der Waals surface area contributed by atoms with Crippen molar-refractivity contribution in [3.05, 3.63) is 54.1 Å². The van der Waals surface area contributed by atoms with Gasteiger partial charge in [-0.15, -0.1) is 11.8 Å². The number of hydrogen-bond acceptors (Lipinski definition) is 4. The number of amides is 1. The number of aryl methyl sites for hydroxylation is 1. The van der Waals surface area contributed by atoms with Crippen molar-refractivity contribution in [2.24, 2.45) is 0 Å². The van der Waals surface area contributed by atoms with E-state index >= 15 is 0 Å². The van der Waals surface area contributed by atoms with E-state index in [0.717, 1.165) is 40.6 Å². The fourth-order valence-corrected chi connectivity index (χ4v) is 4.93. The monoisotopic (exact) mass is 414 g/mol. The van der Waals surface area contributed by atoms with E-state index < -0.39 is 0 Å². The van der Waals surface area contributed by atoms with E-state index in [1.165, 1.54) is 15.4 Å². The second-order valence-electron chi connectivity index (χ2n) is 7.24. The second-order valence-corrected chi connectivity index (χ2v) is 9.41. The average molecular weight is 415 g/mol. The molecule has 1 amide bonds. The third kappa shape index (κ3) is 5.80. The summed E-state index contributed by atoms with van der Waals surface area (Å²) in [5.74, 6) is 0.940. The Morgan fingerprint density at radius 3 is 2.71 bits per heavy atom. The van der Waals surface area contributed by atoms with Gasteiger partial charge in [0.15, 0.2) is 5.13 Å². The number of thioether (sulfide) groups is 1. The Kier molecular flexibility index (Phi) is 7.48. The highest BCUT2D eigenvalue weighted by Gasteiger charge is 2.20. The number of carbonyl (C=O) groups is 1. The number of hydrogen-bond donors (Lipinski definition) is 1. The van der Waals surface area contributed by atoms with Gasteiger partial charge >= 0.3 is 0 Å². The van der Waals surface area contributed by atoms with Gasteiger partial charge in [-0.05, 0) is 36.8 Å². The number of fused-ring (bicyclic) bond motifs is 1. The van der Waals surface area contributed by atoms with Gasteiger partial charge in [-0.1, -0.05) is 35.6 Å². The van der Waals surface area contributed by atoms with E-state index in [9.17, 15) is 4.79 Å². The molecule has 2 aromatic carbocycles. The summed E-state index contributed by atoms with van der Waals surface area (Å²) in [5.41, 5.74) is 2.19. The van der Waals surface area contributed by atoms with Crippen LogP contribution >= 0.6 is 23.1 Å². The molecule has 0 aliphatic carbocycles. The van der Waals surface area contributed by atoms with Gasteiger partial charge in [0.2, 0.25) is 5.91 Å². The average Bonchev–Trinajstić information content (AvgIpc) is 3.08. The summed E-state index contributed by atoms with van der Waals surface area (Å²) < 4.78 is 1.14. The predicted octanol–water partition coefficient (Wildman–Crippen LogP) is 3.65. The molecule has 0 bridgehead atoms. The van der Waals surface area contributed by atoms with E-state index in [1.807, 2.05) is 29.2 Å². The van der Waals surface area contributed by atoms with E-state index in [1.54, 1.807) is 23.1 Å². The number of thiazole rings is 1. The molecule has 3 aromatic rings. The van der Waals surface area contributed by atoms with Crippen molar-refractivity contribution >= 4 is 44.4 Å². The van der Waals surface area contributed by atoms with Crippen LogP contribution in [-0.4, -0.2) is 43.8 Å². The molecular weight excluding hydrogens is 386 g/mol. The van der Waals surface area contributed by atoms with Crippen LogP contribution in [0.3, 0.4) is 0 Å². The number of nitrogens with one attached hydrogen (secondary N) is 1. The highest BCUT2D eigenvalue weighted by Crippen LogP contribution is 2.30. The molecule has 6 heteroatoms. The van der Waals surface area contributed by atoms with Crippen molar-refractivity contribution in [2.75, 3.05) is 37.8 Å². The van der Waals surface area contributed by atoms with Gasteiger partial charge in [-0.3, -0.25) is 9.69 Å². The van der Waals surface area contributed by atoms with Crippen LogP contribution in [0.2, 0.25) is 0 Å². The van der Waals surface area contributed by atoms with Gasteiger partial charge in [-0.25, -0.2) is 4.98 Å². The van der Waals surface area contributed by atoms with E-state index in [2.05, 4.69) is 45.3 Å². The van der Waals surface area contributed by atoms with Gasteiger partial charge in [0.1, 0.15) is 0 Å². The fraction of sp³-hybridized carbons (Fsp3) is 0.364. The Morgan fingerprint density at radius 1 is 1.18 bits per heavy atom. The van der Waals surface area contributed by atoms with E-state index in [0.29, 0.717) is 6.42 Å². The van der Waals surface area contributed by atoms with Crippen molar-refractivity contribution in [1.82, 2.24) is 4.98 Å². The number of nitrogens with zero attached hydrogens (tertiary/aromatic N) is 2. The van der Waals surface area contributed by atoms with Crippen molar-refractivity contribution in [3.8, 4) is 0 Å². The van der Waals surface area contributed by atoms with Crippen LogP contribution in [-0.2, 0) is 4.79 Å². The summed E-state index contributed by atoms with van der Waals surface area (Å²) in [4.78, 5) is 22.3. The maximum atomic E-state index is 13.0. The fourth-order valence-electron chi connectivity index (χ4n) is 2.96. The first-order valence-corrected chi connectivity index (χ1v) is 11.5.